The third kappa shape index (κ3) is 3.98. The van der Waals surface area contributed by atoms with Gasteiger partial charge in [0.1, 0.15) is 11.5 Å². The maximum Gasteiger partial charge on any atom is 0.255 e. The van der Waals surface area contributed by atoms with E-state index in [0.717, 1.165) is 6.26 Å². The van der Waals surface area contributed by atoms with Crippen molar-refractivity contribution in [1.82, 2.24) is 0 Å². The summed E-state index contributed by atoms with van der Waals surface area (Å²) < 4.78 is 33.7. The van der Waals surface area contributed by atoms with Crippen molar-refractivity contribution in [3.8, 4) is 11.5 Å². The van der Waals surface area contributed by atoms with E-state index in [1.165, 1.54) is 32.4 Å². The van der Waals surface area contributed by atoms with Gasteiger partial charge >= 0.3 is 0 Å². The van der Waals surface area contributed by atoms with Gasteiger partial charge in [-0.15, -0.1) is 0 Å². The van der Waals surface area contributed by atoms with Crippen LogP contribution in [0.25, 0.3) is 0 Å². The molecule has 8 heteroatoms. The highest BCUT2D eigenvalue weighted by Crippen LogP contribution is 2.30. The second-order valence-electron chi connectivity index (χ2n) is 4.94. The molecule has 0 aliphatic heterocycles. The Labute approximate surface area is 145 Å². The number of carbonyl (C=O) groups excluding carboxylic acids is 1. The van der Waals surface area contributed by atoms with Gasteiger partial charge in [-0.05, 0) is 30.3 Å². The number of anilines is 1. The smallest absolute Gasteiger partial charge is 0.255 e. The van der Waals surface area contributed by atoms with Crippen LogP contribution in [0.2, 0.25) is 5.02 Å². The Morgan fingerprint density at radius 2 is 1.79 bits per heavy atom. The highest BCUT2D eigenvalue weighted by atomic mass is 35.5. The zero-order valence-electron chi connectivity index (χ0n) is 13.3. The molecule has 6 nitrogen and oxygen atoms in total. The summed E-state index contributed by atoms with van der Waals surface area (Å²) in [5, 5.41) is 2.73. The number of benzene rings is 2. The molecule has 0 fully saturated rings. The van der Waals surface area contributed by atoms with Gasteiger partial charge in [0, 0.05) is 17.9 Å². The van der Waals surface area contributed by atoms with Crippen molar-refractivity contribution in [2.75, 3.05) is 25.8 Å². The Kier molecular flexibility index (Phi) is 5.36. The lowest BCUT2D eigenvalue weighted by atomic mass is 10.2. The Morgan fingerprint density at radius 1 is 1.08 bits per heavy atom. The van der Waals surface area contributed by atoms with Crippen molar-refractivity contribution in [2.24, 2.45) is 0 Å². The number of nitrogens with one attached hydrogen (secondary N) is 1. The molecule has 2 rings (SSSR count). The van der Waals surface area contributed by atoms with Gasteiger partial charge in [-0.3, -0.25) is 4.79 Å². The van der Waals surface area contributed by atoms with E-state index in [0.29, 0.717) is 17.2 Å². The van der Waals surface area contributed by atoms with E-state index in [9.17, 15) is 13.2 Å². The van der Waals surface area contributed by atoms with Gasteiger partial charge in [0.2, 0.25) is 0 Å². The fraction of sp³-hybridized carbons (Fsp3) is 0.188. The SMILES string of the molecule is COc1ccc(OC)c(NC(=O)c2ccc(Cl)c(S(C)(=O)=O)c2)c1. The number of ether oxygens (including phenoxy) is 2. The number of rotatable bonds is 5. The maximum atomic E-state index is 12.4. The number of amides is 1. The molecule has 0 bridgehead atoms. The molecule has 0 saturated heterocycles. The summed E-state index contributed by atoms with van der Waals surface area (Å²) in [6.45, 7) is 0. The van der Waals surface area contributed by atoms with Crippen molar-refractivity contribution in [2.45, 2.75) is 4.90 Å². The number of methoxy groups -OCH3 is 2. The molecular formula is C16H16ClNO5S. The van der Waals surface area contributed by atoms with Gasteiger partial charge in [-0.1, -0.05) is 11.6 Å². The first-order chi connectivity index (χ1) is 11.3. The van der Waals surface area contributed by atoms with E-state index >= 15 is 0 Å². The Balaban J connectivity index is 2.37. The van der Waals surface area contributed by atoms with E-state index in [1.807, 2.05) is 0 Å². The van der Waals surface area contributed by atoms with Crippen molar-refractivity contribution >= 4 is 33.0 Å². The standard InChI is InChI=1S/C16H16ClNO5S/c1-22-11-5-7-14(23-2)13(9-11)18-16(19)10-4-6-12(17)15(8-10)24(3,20)21/h4-9H,1-3H3,(H,18,19). The van der Waals surface area contributed by atoms with Crippen molar-refractivity contribution < 1.29 is 22.7 Å². The summed E-state index contributed by atoms with van der Waals surface area (Å²) in [6.07, 6.45) is 1.03. The Bertz CT molecular complexity index is 880. The van der Waals surface area contributed by atoms with E-state index < -0.39 is 15.7 Å². The molecule has 2 aromatic rings. The maximum absolute atomic E-state index is 12.4. The number of hydrogen-bond donors (Lipinski definition) is 1. The van der Waals surface area contributed by atoms with Gasteiger partial charge in [-0.25, -0.2) is 8.42 Å². The molecule has 0 heterocycles. The highest BCUT2D eigenvalue weighted by molar-refractivity contribution is 7.90. The summed E-state index contributed by atoms with van der Waals surface area (Å²) >= 11 is 5.89. The first-order valence-electron chi connectivity index (χ1n) is 6.79. The quantitative estimate of drug-likeness (QED) is 0.876. The summed E-state index contributed by atoms with van der Waals surface area (Å²) in [7, 11) is -0.564. The monoisotopic (exact) mass is 369 g/mol. The van der Waals surface area contributed by atoms with Gasteiger partial charge in [-0.2, -0.15) is 0 Å². The molecule has 128 valence electrons. The Morgan fingerprint density at radius 3 is 2.38 bits per heavy atom. The molecule has 24 heavy (non-hydrogen) atoms. The first-order valence-corrected chi connectivity index (χ1v) is 9.06. The van der Waals surface area contributed by atoms with Crippen molar-refractivity contribution in [3.05, 3.63) is 47.0 Å². The van der Waals surface area contributed by atoms with E-state index in [2.05, 4.69) is 5.32 Å². The molecule has 1 N–H and O–H groups in total. The molecule has 0 atom stereocenters. The van der Waals surface area contributed by atoms with Crippen LogP contribution in [0.1, 0.15) is 10.4 Å². The minimum atomic E-state index is -3.54. The summed E-state index contributed by atoms with van der Waals surface area (Å²) in [5.74, 6) is 0.489. The molecule has 0 aliphatic rings. The minimum Gasteiger partial charge on any atom is -0.497 e. The van der Waals surface area contributed by atoms with Crippen LogP contribution in [-0.2, 0) is 9.84 Å². The average molecular weight is 370 g/mol. The van der Waals surface area contributed by atoms with Crippen LogP contribution in [0.5, 0.6) is 11.5 Å². The van der Waals surface area contributed by atoms with Crippen LogP contribution in [-0.4, -0.2) is 34.8 Å². The highest BCUT2D eigenvalue weighted by Gasteiger charge is 2.17. The molecule has 2 aromatic carbocycles. The largest absolute Gasteiger partial charge is 0.497 e. The molecular weight excluding hydrogens is 354 g/mol. The topological polar surface area (TPSA) is 81.7 Å². The minimum absolute atomic E-state index is 0.0630. The Hall–Kier alpha value is -2.25. The second-order valence-corrected chi connectivity index (χ2v) is 7.33. The lowest BCUT2D eigenvalue weighted by Gasteiger charge is -2.12. The predicted octanol–water partition coefficient (Wildman–Crippen LogP) is 3.01. The lowest BCUT2D eigenvalue weighted by Crippen LogP contribution is -2.13. The van der Waals surface area contributed by atoms with Crippen LogP contribution < -0.4 is 14.8 Å². The molecule has 1 amide bonds. The van der Waals surface area contributed by atoms with Crippen molar-refractivity contribution in [3.63, 3.8) is 0 Å². The van der Waals surface area contributed by atoms with Crippen LogP contribution >= 0.6 is 11.6 Å². The normalized spacial score (nSPS) is 11.0. The molecule has 0 saturated carbocycles. The fourth-order valence-corrected chi connectivity index (χ4v) is 3.34. The van der Waals surface area contributed by atoms with Gasteiger partial charge < -0.3 is 14.8 Å². The first kappa shape index (κ1) is 18.1. The third-order valence-corrected chi connectivity index (χ3v) is 4.83. The van der Waals surface area contributed by atoms with E-state index in [4.69, 9.17) is 21.1 Å². The van der Waals surface area contributed by atoms with Crippen LogP contribution in [0.15, 0.2) is 41.3 Å². The zero-order chi connectivity index (χ0) is 17.9. The van der Waals surface area contributed by atoms with Gasteiger partial charge in [0.15, 0.2) is 9.84 Å². The fourth-order valence-electron chi connectivity index (χ4n) is 2.03. The van der Waals surface area contributed by atoms with Crippen LogP contribution in [0, 0.1) is 0 Å². The average Bonchev–Trinajstić information content (AvgIpc) is 2.53. The summed E-state index contributed by atoms with van der Waals surface area (Å²) in [5.41, 5.74) is 0.558. The molecule has 0 spiro atoms. The molecule has 0 radical (unpaired) electrons. The summed E-state index contributed by atoms with van der Waals surface area (Å²) in [4.78, 5) is 12.3. The van der Waals surface area contributed by atoms with Crippen LogP contribution in [0.3, 0.4) is 0 Å². The van der Waals surface area contributed by atoms with Gasteiger partial charge in [0.25, 0.3) is 5.91 Å². The van der Waals surface area contributed by atoms with Crippen LogP contribution in [0.4, 0.5) is 5.69 Å². The number of hydrogen-bond acceptors (Lipinski definition) is 5. The summed E-state index contributed by atoms with van der Waals surface area (Å²) in [6, 6.07) is 9.00. The van der Waals surface area contributed by atoms with E-state index in [-0.39, 0.29) is 15.5 Å². The van der Waals surface area contributed by atoms with Gasteiger partial charge in [0.05, 0.1) is 29.8 Å². The van der Waals surface area contributed by atoms with Crippen molar-refractivity contribution in [1.29, 1.82) is 0 Å². The molecule has 0 aromatic heterocycles. The number of halogens is 1. The van der Waals surface area contributed by atoms with E-state index in [1.54, 1.807) is 18.2 Å². The number of carbonyl (C=O) groups is 1. The lowest BCUT2D eigenvalue weighted by molar-refractivity contribution is 0.102. The zero-order valence-corrected chi connectivity index (χ0v) is 14.9. The third-order valence-electron chi connectivity index (χ3n) is 3.25. The molecule has 0 aliphatic carbocycles. The molecule has 0 unspecified atom stereocenters. The second kappa shape index (κ2) is 7.11. The number of sulfone groups is 1. The predicted molar refractivity (Wildman–Crippen MR) is 92.1 cm³/mol.